The predicted octanol–water partition coefficient (Wildman–Crippen LogP) is 3.71. The SMILES string of the molecule is Cl.O=C(NCc1ccc(OCc2ccc(Cl)cc2)cc1)[C@H]1CCCN1. The number of carbonyl (C=O) groups excluding carboxylic acids is 1. The maximum atomic E-state index is 12.0. The van der Waals surface area contributed by atoms with Gasteiger partial charge in [0.2, 0.25) is 5.91 Å². The van der Waals surface area contributed by atoms with E-state index in [1.54, 1.807) is 0 Å². The van der Waals surface area contributed by atoms with Crippen LogP contribution in [-0.4, -0.2) is 18.5 Å². The summed E-state index contributed by atoms with van der Waals surface area (Å²) in [5.41, 5.74) is 2.12. The first-order chi connectivity index (χ1) is 11.7. The van der Waals surface area contributed by atoms with Crippen molar-refractivity contribution in [2.75, 3.05) is 6.54 Å². The van der Waals surface area contributed by atoms with Crippen LogP contribution in [0, 0.1) is 0 Å². The van der Waals surface area contributed by atoms with E-state index in [0.29, 0.717) is 13.2 Å². The smallest absolute Gasteiger partial charge is 0.237 e. The number of halogens is 2. The first kappa shape index (κ1) is 19.6. The van der Waals surface area contributed by atoms with Crippen molar-refractivity contribution in [1.29, 1.82) is 0 Å². The van der Waals surface area contributed by atoms with E-state index in [9.17, 15) is 4.79 Å². The lowest BCUT2D eigenvalue weighted by Crippen LogP contribution is -2.39. The Morgan fingerprint density at radius 2 is 1.80 bits per heavy atom. The standard InChI is InChI=1S/C19H21ClN2O2.ClH/c20-16-7-3-15(4-8-16)13-24-17-9-5-14(6-10-17)12-22-19(23)18-2-1-11-21-18;/h3-10,18,21H,1-2,11-13H2,(H,22,23);1H/t18-;/m1./s1. The van der Waals surface area contributed by atoms with Gasteiger partial charge in [-0.05, 0) is 54.8 Å². The quantitative estimate of drug-likeness (QED) is 0.802. The molecule has 0 aromatic heterocycles. The summed E-state index contributed by atoms with van der Waals surface area (Å²) in [6.07, 6.45) is 1.99. The van der Waals surface area contributed by atoms with Gasteiger partial charge in [-0.15, -0.1) is 12.4 Å². The third-order valence-electron chi connectivity index (χ3n) is 4.09. The van der Waals surface area contributed by atoms with E-state index in [1.165, 1.54) is 0 Å². The number of ether oxygens (including phenoxy) is 1. The molecular formula is C19H22Cl2N2O2. The number of hydrogen-bond donors (Lipinski definition) is 2. The molecule has 0 radical (unpaired) electrons. The van der Waals surface area contributed by atoms with Crippen molar-refractivity contribution in [2.24, 2.45) is 0 Å². The minimum absolute atomic E-state index is 0. The zero-order valence-corrected chi connectivity index (χ0v) is 15.4. The summed E-state index contributed by atoms with van der Waals surface area (Å²) in [5, 5.41) is 6.89. The highest BCUT2D eigenvalue weighted by atomic mass is 35.5. The highest BCUT2D eigenvalue weighted by molar-refractivity contribution is 6.30. The van der Waals surface area contributed by atoms with Crippen molar-refractivity contribution >= 4 is 29.9 Å². The van der Waals surface area contributed by atoms with Gasteiger partial charge in [0.25, 0.3) is 0 Å². The lowest BCUT2D eigenvalue weighted by molar-refractivity contribution is -0.122. The van der Waals surface area contributed by atoms with Crippen LogP contribution < -0.4 is 15.4 Å². The molecule has 1 heterocycles. The Morgan fingerprint density at radius 1 is 1.12 bits per heavy atom. The molecule has 2 N–H and O–H groups in total. The Bertz CT molecular complexity index is 669. The van der Waals surface area contributed by atoms with Crippen LogP contribution in [0.3, 0.4) is 0 Å². The summed E-state index contributed by atoms with van der Waals surface area (Å²) in [4.78, 5) is 12.0. The van der Waals surface area contributed by atoms with E-state index in [4.69, 9.17) is 16.3 Å². The largest absolute Gasteiger partial charge is 0.489 e. The maximum absolute atomic E-state index is 12.0. The van der Waals surface area contributed by atoms with Crippen LogP contribution in [0.25, 0.3) is 0 Å². The molecule has 1 fully saturated rings. The molecule has 3 rings (SSSR count). The van der Waals surface area contributed by atoms with Gasteiger partial charge in [-0.1, -0.05) is 35.9 Å². The minimum atomic E-state index is -0.0352. The third-order valence-corrected chi connectivity index (χ3v) is 4.34. The molecule has 0 spiro atoms. The molecule has 1 atom stereocenters. The predicted molar refractivity (Wildman–Crippen MR) is 102 cm³/mol. The Morgan fingerprint density at radius 3 is 2.44 bits per heavy atom. The van der Waals surface area contributed by atoms with E-state index >= 15 is 0 Å². The van der Waals surface area contributed by atoms with Crippen LogP contribution in [0.2, 0.25) is 5.02 Å². The van der Waals surface area contributed by atoms with Gasteiger partial charge in [-0.2, -0.15) is 0 Å². The van der Waals surface area contributed by atoms with E-state index in [1.807, 2.05) is 48.5 Å². The normalized spacial score (nSPS) is 16.1. The molecule has 0 bridgehead atoms. The van der Waals surface area contributed by atoms with Crippen molar-refractivity contribution < 1.29 is 9.53 Å². The van der Waals surface area contributed by atoms with Crippen LogP contribution >= 0.6 is 24.0 Å². The summed E-state index contributed by atoms with van der Waals surface area (Å²) in [6.45, 7) is 1.97. The average molecular weight is 381 g/mol. The number of hydrogen-bond acceptors (Lipinski definition) is 3. The molecular weight excluding hydrogens is 359 g/mol. The fraction of sp³-hybridized carbons (Fsp3) is 0.316. The van der Waals surface area contributed by atoms with Crippen LogP contribution in [0.5, 0.6) is 5.75 Å². The Balaban J connectivity index is 0.00000225. The number of benzene rings is 2. The van der Waals surface area contributed by atoms with Gasteiger partial charge in [-0.25, -0.2) is 0 Å². The molecule has 1 amide bonds. The number of amides is 1. The molecule has 4 nitrogen and oxygen atoms in total. The summed E-state index contributed by atoms with van der Waals surface area (Å²) in [5.74, 6) is 0.882. The number of nitrogens with one attached hydrogen (secondary N) is 2. The molecule has 2 aromatic rings. The maximum Gasteiger partial charge on any atom is 0.237 e. The molecule has 2 aromatic carbocycles. The fourth-order valence-corrected chi connectivity index (χ4v) is 2.80. The molecule has 1 aliphatic heterocycles. The highest BCUT2D eigenvalue weighted by Crippen LogP contribution is 2.16. The summed E-state index contributed by atoms with van der Waals surface area (Å²) < 4.78 is 5.75. The summed E-state index contributed by atoms with van der Waals surface area (Å²) >= 11 is 5.86. The minimum Gasteiger partial charge on any atom is -0.489 e. The molecule has 1 saturated heterocycles. The van der Waals surface area contributed by atoms with E-state index in [0.717, 1.165) is 41.3 Å². The first-order valence-corrected chi connectivity index (χ1v) is 8.56. The van der Waals surface area contributed by atoms with Crippen LogP contribution in [0.1, 0.15) is 24.0 Å². The van der Waals surface area contributed by atoms with Crippen LogP contribution in [0.15, 0.2) is 48.5 Å². The zero-order chi connectivity index (χ0) is 16.8. The van der Waals surface area contributed by atoms with Gasteiger partial charge in [-0.3, -0.25) is 4.79 Å². The number of rotatable bonds is 6. The van der Waals surface area contributed by atoms with Crippen molar-refractivity contribution in [3.63, 3.8) is 0 Å². The van der Waals surface area contributed by atoms with Crippen molar-refractivity contribution in [3.8, 4) is 5.75 Å². The molecule has 1 aliphatic rings. The third kappa shape index (κ3) is 5.92. The second kappa shape index (κ2) is 9.66. The second-order valence-electron chi connectivity index (χ2n) is 5.93. The molecule has 0 aliphatic carbocycles. The van der Waals surface area contributed by atoms with Crippen molar-refractivity contribution in [3.05, 3.63) is 64.7 Å². The molecule has 25 heavy (non-hydrogen) atoms. The lowest BCUT2D eigenvalue weighted by Gasteiger charge is -2.11. The molecule has 0 saturated carbocycles. The van der Waals surface area contributed by atoms with Gasteiger partial charge in [0.05, 0.1) is 6.04 Å². The Hall–Kier alpha value is -1.75. The van der Waals surface area contributed by atoms with Gasteiger partial charge >= 0.3 is 0 Å². The fourth-order valence-electron chi connectivity index (χ4n) is 2.67. The second-order valence-corrected chi connectivity index (χ2v) is 6.36. The lowest BCUT2D eigenvalue weighted by atomic mass is 10.2. The van der Waals surface area contributed by atoms with Crippen LogP contribution in [-0.2, 0) is 17.9 Å². The van der Waals surface area contributed by atoms with E-state index in [2.05, 4.69) is 10.6 Å². The Labute approximate surface area is 159 Å². The van der Waals surface area contributed by atoms with Crippen molar-refractivity contribution in [1.82, 2.24) is 10.6 Å². The monoisotopic (exact) mass is 380 g/mol. The average Bonchev–Trinajstić information content (AvgIpc) is 3.15. The number of carbonyl (C=O) groups is 1. The topological polar surface area (TPSA) is 50.4 Å². The molecule has 6 heteroatoms. The van der Waals surface area contributed by atoms with Gasteiger partial charge in [0.15, 0.2) is 0 Å². The van der Waals surface area contributed by atoms with Gasteiger partial charge in [0, 0.05) is 11.6 Å². The first-order valence-electron chi connectivity index (χ1n) is 8.18. The van der Waals surface area contributed by atoms with Crippen LogP contribution in [0.4, 0.5) is 0 Å². The van der Waals surface area contributed by atoms with Crippen molar-refractivity contribution in [2.45, 2.75) is 32.0 Å². The van der Waals surface area contributed by atoms with Gasteiger partial charge < -0.3 is 15.4 Å². The Kier molecular flexibility index (Phi) is 7.56. The molecule has 0 unspecified atom stereocenters. The highest BCUT2D eigenvalue weighted by Gasteiger charge is 2.21. The summed E-state index contributed by atoms with van der Waals surface area (Å²) in [6, 6.07) is 15.4. The van der Waals surface area contributed by atoms with E-state index in [-0.39, 0.29) is 24.4 Å². The van der Waals surface area contributed by atoms with E-state index < -0.39 is 0 Å². The zero-order valence-electron chi connectivity index (χ0n) is 13.8. The molecule has 134 valence electrons. The van der Waals surface area contributed by atoms with Gasteiger partial charge in [0.1, 0.15) is 12.4 Å². The summed E-state index contributed by atoms with van der Waals surface area (Å²) in [7, 11) is 0.